The molecule has 0 amide bonds. The van der Waals surface area contributed by atoms with E-state index in [1.807, 2.05) is 6.07 Å². The monoisotopic (exact) mass is 571 g/mol. The van der Waals surface area contributed by atoms with Crippen LogP contribution in [0.1, 0.15) is 11.1 Å². The summed E-state index contributed by atoms with van der Waals surface area (Å²) in [5.74, 6) is 0. The molecule has 0 aliphatic rings. The molecule has 0 N–H and O–H groups in total. The molecule has 0 atom stereocenters. The second-order valence-corrected chi connectivity index (χ2v) is 11.4. The number of benzene rings is 3. The lowest BCUT2D eigenvalue weighted by molar-refractivity contribution is 1.28. The van der Waals surface area contributed by atoms with Gasteiger partial charge in [-0.1, -0.05) is 59.7 Å². The Hall–Kier alpha value is -4.86. The predicted octanol–water partition coefficient (Wildman–Crippen LogP) is 6.88. The molecule has 0 bridgehead atoms. The number of aromatic nitrogens is 3. The van der Waals surface area contributed by atoms with Crippen LogP contribution in [0, 0.1) is 13.8 Å². The number of hydrogen-bond donors (Lipinski definition) is 0. The Morgan fingerprint density at radius 3 is 2.02 bits per heavy atom. The largest absolute Gasteiger partial charge is 0.302 e. The lowest BCUT2D eigenvalue weighted by atomic mass is 10.1. The van der Waals surface area contributed by atoms with Crippen LogP contribution in [0.3, 0.4) is 0 Å². The molecule has 9 heteroatoms. The molecule has 7 nitrogen and oxygen atoms in total. The molecule has 0 spiro atoms. The fraction of sp³-hybridized carbons (Fsp3) is 0.0625. The third kappa shape index (κ3) is 4.35. The molecule has 0 saturated carbocycles. The maximum absolute atomic E-state index is 12.7. The minimum Gasteiger partial charge on any atom is -0.302 e. The van der Waals surface area contributed by atoms with Gasteiger partial charge in [0, 0.05) is 22.1 Å². The first-order valence-electron chi connectivity index (χ1n) is 12.9. The molecular formula is C32H21N5O2S2. The number of thiophene rings is 1. The van der Waals surface area contributed by atoms with Crippen LogP contribution >= 0.6 is 23.1 Å². The summed E-state index contributed by atoms with van der Waals surface area (Å²) in [5.41, 5.74) is 5.58. The Labute approximate surface area is 242 Å². The van der Waals surface area contributed by atoms with Gasteiger partial charge in [0.05, 0.1) is 22.8 Å². The van der Waals surface area contributed by atoms with E-state index in [2.05, 4.69) is 87.1 Å². The van der Waals surface area contributed by atoms with Gasteiger partial charge in [-0.3, -0.25) is 14.6 Å². The molecule has 41 heavy (non-hydrogen) atoms. The number of nitrogens with zero attached hydrogens (tertiary/aromatic N) is 5. The van der Waals surface area contributed by atoms with Crippen molar-refractivity contribution in [2.24, 2.45) is 4.99 Å². The van der Waals surface area contributed by atoms with Crippen molar-refractivity contribution in [2.75, 3.05) is 4.90 Å². The van der Waals surface area contributed by atoms with Crippen molar-refractivity contribution in [3.8, 4) is 10.6 Å². The zero-order valence-corrected chi connectivity index (χ0v) is 23.7. The summed E-state index contributed by atoms with van der Waals surface area (Å²) in [6.45, 7) is 4.16. The highest BCUT2D eigenvalue weighted by Crippen LogP contribution is 2.43. The van der Waals surface area contributed by atoms with Crippen LogP contribution in [-0.4, -0.2) is 13.7 Å². The third-order valence-electron chi connectivity index (χ3n) is 6.98. The van der Waals surface area contributed by atoms with Crippen LogP contribution in [0.4, 0.5) is 22.1 Å². The van der Waals surface area contributed by atoms with E-state index in [1.54, 1.807) is 41.8 Å². The lowest BCUT2D eigenvalue weighted by Gasteiger charge is -2.24. The van der Waals surface area contributed by atoms with Gasteiger partial charge in [-0.2, -0.15) is 8.75 Å². The van der Waals surface area contributed by atoms with E-state index in [0.29, 0.717) is 33.2 Å². The quantitative estimate of drug-likeness (QED) is 0.209. The molecule has 0 unspecified atom stereocenters. The summed E-state index contributed by atoms with van der Waals surface area (Å²) in [6, 6.07) is 27.9. The fourth-order valence-electron chi connectivity index (χ4n) is 4.86. The SMILES string of the molecule is Cc1ccc(N(c2ccc(C)cc2)c2ccc(-c3ncc(/N=c4\c(=O)c(=O)c5ccccc45)c4nsnc34)s2)cc1. The molecule has 0 saturated heterocycles. The Morgan fingerprint density at radius 2 is 1.34 bits per heavy atom. The van der Waals surface area contributed by atoms with Crippen LogP contribution in [0.2, 0.25) is 0 Å². The van der Waals surface area contributed by atoms with Gasteiger partial charge in [0.2, 0.25) is 5.43 Å². The standard InChI is InChI=1S/C32H21N5O2S2/c1-18-7-11-20(12-8-18)37(21-13-9-19(2)10-14-21)26-16-15-25(40-26)29-30-28(35-41-36-30)24(17-33-29)34-27-22-5-3-4-6-23(22)31(38)32(27)39/h3-17H,1-2H3/b34-27-. The minimum absolute atomic E-state index is 0.111. The minimum atomic E-state index is -0.623. The number of anilines is 3. The van der Waals surface area contributed by atoms with Gasteiger partial charge in [-0.05, 0) is 50.2 Å². The van der Waals surface area contributed by atoms with Gasteiger partial charge in [0.15, 0.2) is 0 Å². The Bertz CT molecular complexity index is 2180. The average molecular weight is 572 g/mol. The summed E-state index contributed by atoms with van der Waals surface area (Å²) < 4.78 is 9.02. The van der Waals surface area contributed by atoms with Crippen LogP contribution in [0.5, 0.6) is 0 Å². The van der Waals surface area contributed by atoms with Crippen molar-refractivity contribution < 1.29 is 0 Å². The van der Waals surface area contributed by atoms with Crippen molar-refractivity contribution in [3.05, 3.63) is 128 Å². The third-order valence-corrected chi connectivity index (χ3v) is 8.59. The number of pyridine rings is 1. The highest BCUT2D eigenvalue weighted by Gasteiger charge is 2.19. The van der Waals surface area contributed by atoms with Crippen molar-refractivity contribution in [2.45, 2.75) is 13.8 Å². The smallest absolute Gasteiger partial charge is 0.252 e. The molecule has 7 aromatic rings. The molecule has 7 rings (SSSR count). The highest BCUT2D eigenvalue weighted by molar-refractivity contribution is 7.19. The molecule has 0 aliphatic heterocycles. The second kappa shape index (κ2) is 9.96. The molecule has 0 radical (unpaired) electrons. The van der Waals surface area contributed by atoms with Crippen LogP contribution in [0.15, 0.2) is 106 Å². The first-order chi connectivity index (χ1) is 20.0. The van der Waals surface area contributed by atoms with E-state index in [1.165, 1.54) is 11.1 Å². The van der Waals surface area contributed by atoms with Gasteiger partial charge >= 0.3 is 0 Å². The maximum atomic E-state index is 12.7. The van der Waals surface area contributed by atoms with E-state index >= 15 is 0 Å². The normalized spacial score (nSPS) is 12.0. The summed E-state index contributed by atoms with van der Waals surface area (Å²) in [6.07, 6.45) is 1.60. The fourth-order valence-corrected chi connectivity index (χ4v) is 6.46. The lowest BCUT2D eigenvalue weighted by Crippen LogP contribution is -2.30. The van der Waals surface area contributed by atoms with Crippen molar-refractivity contribution in [3.63, 3.8) is 0 Å². The summed E-state index contributed by atoms with van der Waals surface area (Å²) in [4.78, 5) is 37.7. The molecule has 198 valence electrons. The molecule has 0 aliphatic carbocycles. The molecule has 3 heterocycles. The summed E-state index contributed by atoms with van der Waals surface area (Å²) in [5, 5.41) is 2.03. The van der Waals surface area contributed by atoms with E-state index in [9.17, 15) is 9.59 Å². The first kappa shape index (κ1) is 25.1. The number of rotatable bonds is 5. The van der Waals surface area contributed by atoms with Gasteiger partial charge in [0.1, 0.15) is 32.8 Å². The van der Waals surface area contributed by atoms with Gasteiger partial charge in [-0.25, -0.2) is 4.99 Å². The predicted molar refractivity (Wildman–Crippen MR) is 167 cm³/mol. The van der Waals surface area contributed by atoms with E-state index in [-0.39, 0.29) is 5.36 Å². The van der Waals surface area contributed by atoms with Crippen molar-refractivity contribution in [1.29, 1.82) is 0 Å². The number of aryl methyl sites for hydroxylation is 2. The molecule has 4 aromatic carbocycles. The molecular weight excluding hydrogens is 551 g/mol. The molecule has 3 aromatic heterocycles. The van der Waals surface area contributed by atoms with Crippen LogP contribution in [-0.2, 0) is 0 Å². The number of hydrogen-bond acceptors (Lipinski definition) is 9. The van der Waals surface area contributed by atoms with Gasteiger partial charge < -0.3 is 4.90 Å². The highest BCUT2D eigenvalue weighted by atomic mass is 32.1. The zero-order valence-electron chi connectivity index (χ0n) is 22.0. The second-order valence-electron chi connectivity index (χ2n) is 9.76. The topological polar surface area (TPSA) is 88.4 Å². The zero-order chi connectivity index (χ0) is 28.1. The van der Waals surface area contributed by atoms with Crippen LogP contribution in [0.25, 0.3) is 32.4 Å². The van der Waals surface area contributed by atoms with E-state index in [0.717, 1.165) is 33.0 Å². The van der Waals surface area contributed by atoms with Crippen molar-refractivity contribution >= 4 is 66.9 Å². The number of fused-ring (bicyclic) bond motifs is 2. The molecule has 0 fully saturated rings. The summed E-state index contributed by atoms with van der Waals surface area (Å²) in [7, 11) is 0. The first-order valence-corrected chi connectivity index (χ1v) is 14.4. The van der Waals surface area contributed by atoms with Crippen molar-refractivity contribution in [1.82, 2.24) is 13.7 Å². The van der Waals surface area contributed by atoms with Gasteiger partial charge in [-0.15, -0.1) is 11.3 Å². The average Bonchev–Trinajstić information content (AvgIpc) is 3.73. The van der Waals surface area contributed by atoms with Crippen LogP contribution < -0.4 is 21.1 Å². The van der Waals surface area contributed by atoms with E-state index in [4.69, 9.17) is 4.98 Å². The Kier molecular flexibility index (Phi) is 6.10. The van der Waals surface area contributed by atoms with E-state index < -0.39 is 10.9 Å². The maximum Gasteiger partial charge on any atom is 0.252 e. The Morgan fingerprint density at radius 1 is 0.707 bits per heavy atom. The van der Waals surface area contributed by atoms with Gasteiger partial charge in [0.25, 0.3) is 5.43 Å². The summed E-state index contributed by atoms with van der Waals surface area (Å²) >= 11 is 2.67. The Balaban J connectivity index is 1.34.